The Hall–Kier alpha value is -3.02. The third-order valence-electron chi connectivity index (χ3n) is 3.64. The number of esters is 1. The molecule has 0 saturated carbocycles. The second-order valence-corrected chi connectivity index (χ2v) is 5.70. The Morgan fingerprint density at radius 2 is 1.81 bits per heavy atom. The Bertz CT molecular complexity index is 729. The number of methoxy groups -OCH3 is 1. The van der Waals surface area contributed by atoms with E-state index in [-0.39, 0.29) is 12.5 Å². The number of ether oxygens (including phenoxy) is 2. The van der Waals surface area contributed by atoms with Gasteiger partial charge in [0.1, 0.15) is 5.75 Å². The minimum atomic E-state index is -0.411. The van der Waals surface area contributed by atoms with Crippen LogP contribution in [0, 0.1) is 0 Å². The molecule has 0 unspecified atom stereocenters. The lowest BCUT2D eigenvalue weighted by atomic mass is 10.2. The molecule has 0 fully saturated rings. The number of hydrogen-bond donors (Lipinski definition) is 2. The molecule has 2 N–H and O–H groups in total. The molecule has 26 heavy (non-hydrogen) atoms. The zero-order chi connectivity index (χ0) is 18.8. The van der Waals surface area contributed by atoms with Gasteiger partial charge < -0.3 is 20.1 Å². The first-order valence-corrected chi connectivity index (χ1v) is 8.57. The highest BCUT2D eigenvalue weighted by atomic mass is 16.5. The molecule has 0 radical (unpaired) electrons. The van der Waals surface area contributed by atoms with E-state index in [1.165, 1.54) is 7.11 Å². The standard InChI is InChI=1S/C20H24N2O4/c1-3-4-12-26-18-7-5-6-17(13-18)21-14-19(23)22-16-10-8-15(9-11-16)20(24)25-2/h5-11,13,21H,3-4,12,14H2,1-2H3,(H,22,23). The fourth-order valence-electron chi connectivity index (χ4n) is 2.23. The molecule has 2 aromatic carbocycles. The van der Waals surface area contributed by atoms with Crippen molar-refractivity contribution in [1.82, 2.24) is 0 Å². The molecule has 0 saturated heterocycles. The summed E-state index contributed by atoms with van der Waals surface area (Å²) in [6.45, 7) is 2.92. The maximum Gasteiger partial charge on any atom is 0.337 e. The molecule has 2 rings (SSSR count). The molecule has 1 amide bonds. The van der Waals surface area contributed by atoms with Crippen LogP contribution in [0.2, 0.25) is 0 Å². The van der Waals surface area contributed by atoms with Crippen LogP contribution in [0.15, 0.2) is 48.5 Å². The van der Waals surface area contributed by atoms with Gasteiger partial charge in [0, 0.05) is 17.4 Å². The first kappa shape index (κ1) is 19.3. The molecule has 0 aliphatic heterocycles. The van der Waals surface area contributed by atoms with Crippen LogP contribution in [-0.4, -0.2) is 32.1 Å². The first-order valence-electron chi connectivity index (χ1n) is 8.57. The molecule has 2 aromatic rings. The van der Waals surface area contributed by atoms with Gasteiger partial charge in [-0.25, -0.2) is 4.79 Å². The van der Waals surface area contributed by atoms with Crippen LogP contribution < -0.4 is 15.4 Å². The molecular formula is C20H24N2O4. The van der Waals surface area contributed by atoms with Gasteiger partial charge in [-0.2, -0.15) is 0 Å². The number of anilines is 2. The Morgan fingerprint density at radius 1 is 1.04 bits per heavy atom. The van der Waals surface area contributed by atoms with Gasteiger partial charge in [-0.1, -0.05) is 19.4 Å². The fraction of sp³-hybridized carbons (Fsp3) is 0.300. The number of amides is 1. The van der Waals surface area contributed by atoms with Gasteiger partial charge >= 0.3 is 5.97 Å². The summed E-state index contributed by atoms with van der Waals surface area (Å²) in [5, 5.41) is 5.84. The van der Waals surface area contributed by atoms with Crippen molar-refractivity contribution in [3.8, 4) is 5.75 Å². The van der Waals surface area contributed by atoms with Crippen LogP contribution in [-0.2, 0) is 9.53 Å². The molecular weight excluding hydrogens is 332 g/mol. The smallest absolute Gasteiger partial charge is 0.337 e. The van der Waals surface area contributed by atoms with E-state index >= 15 is 0 Å². The summed E-state index contributed by atoms with van der Waals surface area (Å²) in [6.07, 6.45) is 2.09. The topological polar surface area (TPSA) is 76.7 Å². The van der Waals surface area contributed by atoms with Crippen LogP contribution in [0.4, 0.5) is 11.4 Å². The number of nitrogens with one attached hydrogen (secondary N) is 2. The molecule has 6 heteroatoms. The maximum absolute atomic E-state index is 12.1. The van der Waals surface area contributed by atoms with Crippen LogP contribution in [0.1, 0.15) is 30.1 Å². The predicted octanol–water partition coefficient (Wildman–Crippen LogP) is 3.70. The van der Waals surface area contributed by atoms with Gasteiger partial charge in [0.05, 0.1) is 25.8 Å². The van der Waals surface area contributed by atoms with Crippen molar-refractivity contribution >= 4 is 23.3 Å². The molecule has 0 aliphatic carbocycles. The Labute approximate surface area is 153 Å². The second-order valence-electron chi connectivity index (χ2n) is 5.70. The van der Waals surface area contributed by atoms with E-state index < -0.39 is 5.97 Å². The molecule has 6 nitrogen and oxygen atoms in total. The van der Waals surface area contributed by atoms with Crippen LogP contribution in [0.3, 0.4) is 0 Å². The zero-order valence-electron chi connectivity index (χ0n) is 15.1. The second kappa shape index (κ2) is 10.1. The first-order chi connectivity index (χ1) is 12.6. The van der Waals surface area contributed by atoms with Gasteiger partial charge in [-0.15, -0.1) is 0 Å². The fourth-order valence-corrected chi connectivity index (χ4v) is 2.23. The van der Waals surface area contributed by atoms with Crippen molar-refractivity contribution in [2.45, 2.75) is 19.8 Å². The average molecular weight is 356 g/mol. The molecule has 0 aromatic heterocycles. The van der Waals surface area contributed by atoms with Gasteiger partial charge in [0.25, 0.3) is 0 Å². The highest BCUT2D eigenvalue weighted by Gasteiger charge is 2.06. The summed E-state index contributed by atoms with van der Waals surface area (Å²) in [4.78, 5) is 23.4. The lowest BCUT2D eigenvalue weighted by Crippen LogP contribution is -2.21. The molecule has 138 valence electrons. The summed E-state index contributed by atoms with van der Waals surface area (Å²) >= 11 is 0. The van der Waals surface area contributed by atoms with Gasteiger partial charge in [0.15, 0.2) is 0 Å². The normalized spacial score (nSPS) is 10.1. The third-order valence-corrected chi connectivity index (χ3v) is 3.64. The van der Waals surface area contributed by atoms with Crippen molar-refractivity contribution in [3.05, 3.63) is 54.1 Å². The van der Waals surface area contributed by atoms with Crippen molar-refractivity contribution in [2.24, 2.45) is 0 Å². The monoisotopic (exact) mass is 356 g/mol. The SMILES string of the molecule is CCCCOc1cccc(NCC(=O)Nc2ccc(C(=O)OC)cc2)c1. The number of benzene rings is 2. The predicted molar refractivity (Wildman–Crippen MR) is 102 cm³/mol. The number of hydrogen-bond acceptors (Lipinski definition) is 5. The van der Waals surface area contributed by atoms with E-state index in [0.29, 0.717) is 17.9 Å². The summed E-state index contributed by atoms with van der Waals surface area (Å²) in [7, 11) is 1.33. The molecule has 0 aliphatic rings. The molecule has 0 spiro atoms. The van der Waals surface area contributed by atoms with Crippen LogP contribution in [0.25, 0.3) is 0 Å². The maximum atomic E-state index is 12.1. The number of rotatable bonds is 9. The Morgan fingerprint density at radius 3 is 2.50 bits per heavy atom. The highest BCUT2D eigenvalue weighted by Crippen LogP contribution is 2.17. The summed E-state index contributed by atoms with van der Waals surface area (Å²) in [5.41, 5.74) is 1.86. The molecule has 0 bridgehead atoms. The number of unbranched alkanes of at least 4 members (excludes halogenated alkanes) is 1. The molecule has 0 atom stereocenters. The molecule has 0 heterocycles. The zero-order valence-corrected chi connectivity index (χ0v) is 15.1. The highest BCUT2D eigenvalue weighted by molar-refractivity contribution is 5.95. The number of carbonyl (C=O) groups is 2. The van der Waals surface area contributed by atoms with Gasteiger partial charge in [-0.3, -0.25) is 4.79 Å². The van der Waals surface area contributed by atoms with Gasteiger partial charge in [-0.05, 0) is 42.8 Å². The lowest BCUT2D eigenvalue weighted by Gasteiger charge is -2.10. The van der Waals surface area contributed by atoms with E-state index in [9.17, 15) is 9.59 Å². The largest absolute Gasteiger partial charge is 0.494 e. The van der Waals surface area contributed by atoms with Gasteiger partial charge in [0.2, 0.25) is 5.91 Å². The van der Waals surface area contributed by atoms with Crippen molar-refractivity contribution in [3.63, 3.8) is 0 Å². The summed E-state index contributed by atoms with van der Waals surface area (Å²) in [5.74, 6) is 0.181. The van der Waals surface area contributed by atoms with Crippen LogP contribution in [0.5, 0.6) is 5.75 Å². The van der Waals surface area contributed by atoms with E-state index in [2.05, 4.69) is 22.3 Å². The summed E-state index contributed by atoms with van der Waals surface area (Å²) < 4.78 is 10.3. The van der Waals surface area contributed by atoms with Crippen molar-refractivity contribution in [1.29, 1.82) is 0 Å². The van der Waals surface area contributed by atoms with Crippen LogP contribution >= 0.6 is 0 Å². The minimum absolute atomic E-state index is 0.122. The Kier molecular flexibility index (Phi) is 7.49. The van der Waals surface area contributed by atoms with Crippen molar-refractivity contribution < 1.29 is 19.1 Å². The average Bonchev–Trinajstić information content (AvgIpc) is 2.67. The quantitative estimate of drug-likeness (QED) is 0.529. The summed E-state index contributed by atoms with van der Waals surface area (Å²) in [6, 6.07) is 14.0. The van der Waals surface area contributed by atoms with E-state index in [4.69, 9.17) is 4.74 Å². The van der Waals surface area contributed by atoms with E-state index in [0.717, 1.165) is 24.3 Å². The van der Waals surface area contributed by atoms with E-state index in [1.54, 1.807) is 24.3 Å². The third kappa shape index (κ3) is 6.12. The lowest BCUT2D eigenvalue weighted by molar-refractivity contribution is -0.114. The number of carbonyl (C=O) groups excluding carboxylic acids is 2. The van der Waals surface area contributed by atoms with Crippen molar-refractivity contribution in [2.75, 3.05) is 30.9 Å². The Balaban J connectivity index is 1.83. The minimum Gasteiger partial charge on any atom is -0.494 e. The van der Waals surface area contributed by atoms with E-state index in [1.807, 2.05) is 24.3 Å².